The summed E-state index contributed by atoms with van der Waals surface area (Å²) >= 11 is 11.8. The first-order chi connectivity index (χ1) is 8.19. The Hall–Kier alpha value is -0.450. The van der Waals surface area contributed by atoms with Crippen LogP contribution < -0.4 is 5.32 Å². The predicted molar refractivity (Wildman–Crippen MR) is 68.1 cm³/mol. The third-order valence-electron chi connectivity index (χ3n) is 2.50. The Balaban J connectivity index is 2.67. The summed E-state index contributed by atoms with van der Waals surface area (Å²) in [7, 11) is 0. The zero-order valence-corrected chi connectivity index (χ0v) is 11.5. The number of benzene rings is 1. The van der Waals surface area contributed by atoms with Crippen LogP contribution in [0.1, 0.15) is 31.9 Å². The maximum Gasteiger partial charge on any atom is 0.390 e. The van der Waals surface area contributed by atoms with Gasteiger partial charge in [0.2, 0.25) is 0 Å². The van der Waals surface area contributed by atoms with Crippen molar-refractivity contribution in [2.75, 3.05) is 0 Å². The van der Waals surface area contributed by atoms with Crippen molar-refractivity contribution in [1.29, 1.82) is 0 Å². The standard InChI is InChI=1S/C12H14Cl2F3N/c1-7(6-12(15,16)17)18-8(2)10-4-3-9(13)5-11(10)14/h3-5,7-8,18H,6H2,1-2H3. The maximum atomic E-state index is 12.2. The van der Waals surface area contributed by atoms with Gasteiger partial charge in [-0.3, -0.25) is 0 Å². The molecule has 0 radical (unpaired) electrons. The minimum absolute atomic E-state index is 0.271. The van der Waals surface area contributed by atoms with Crippen molar-refractivity contribution in [3.05, 3.63) is 33.8 Å². The Morgan fingerprint density at radius 2 is 1.83 bits per heavy atom. The van der Waals surface area contributed by atoms with Crippen LogP contribution >= 0.6 is 23.2 Å². The van der Waals surface area contributed by atoms with E-state index in [1.54, 1.807) is 25.1 Å². The minimum atomic E-state index is -4.17. The second kappa shape index (κ2) is 6.13. The smallest absolute Gasteiger partial charge is 0.307 e. The average Bonchev–Trinajstić information content (AvgIpc) is 2.13. The molecule has 1 N–H and O–H groups in total. The minimum Gasteiger partial charge on any atom is -0.307 e. The molecule has 0 aliphatic heterocycles. The average molecular weight is 300 g/mol. The Labute approximate surface area is 114 Å². The number of alkyl halides is 3. The zero-order chi connectivity index (χ0) is 13.9. The second-order valence-electron chi connectivity index (χ2n) is 4.27. The van der Waals surface area contributed by atoms with E-state index in [4.69, 9.17) is 23.2 Å². The van der Waals surface area contributed by atoms with Gasteiger partial charge in [-0.15, -0.1) is 0 Å². The van der Waals surface area contributed by atoms with Crippen LogP contribution in [0.3, 0.4) is 0 Å². The second-order valence-corrected chi connectivity index (χ2v) is 5.12. The number of hydrogen-bond acceptors (Lipinski definition) is 1. The lowest BCUT2D eigenvalue weighted by molar-refractivity contribution is -0.139. The molecule has 102 valence electrons. The lowest BCUT2D eigenvalue weighted by Gasteiger charge is -2.22. The van der Waals surface area contributed by atoms with Crippen LogP contribution in [0, 0.1) is 0 Å². The van der Waals surface area contributed by atoms with Crippen LogP contribution in [0.2, 0.25) is 10.0 Å². The third-order valence-corrected chi connectivity index (χ3v) is 3.06. The monoisotopic (exact) mass is 299 g/mol. The van der Waals surface area contributed by atoms with Crippen molar-refractivity contribution in [3.8, 4) is 0 Å². The summed E-state index contributed by atoms with van der Waals surface area (Å²) in [4.78, 5) is 0. The molecule has 0 spiro atoms. The fraction of sp³-hybridized carbons (Fsp3) is 0.500. The van der Waals surface area contributed by atoms with Crippen molar-refractivity contribution >= 4 is 23.2 Å². The van der Waals surface area contributed by atoms with Crippen molar-refractivity contribution in [2.45, 2.75) is 38.5 Å². The van der Waals surface area contributed by atoms with Gasteiger partial charge in [0.15, 0.2) is 0 Å². The van der Waals surface area contributed by atoms with Gasteiger partial charge in [-0.1, -0.05) is 29.3 Å². The quantitative estimate of drug-likeness (QED) is 0.826. The maximum absolute atomic E-state index is 12.2. The fourth-order valence-electron chi connectivity index (χ4n) is 1.78. The molecule has 0 bridgehead atoms. The van der Waals surface area contributed by atoms with Crippen molar-refractivity contribution in [1.82, 2.24) is 5.32 Å². The molecule has 2 atom stereocenters. The van der Waals surface area contributed by atoms with Gasteiger partial charge in [-0.25, -0.2) is 0 Å². The summed E-state index contributed by atoms with van der Waals surface area (Å²) in [5.74, 6) is 0. The molecular formula is C12H14Cl2F3N. The Morgan fingerprint density at radius 3 is 2.33 bits per heavy atom. The van der Waals surface area contributed by atoms with E-state index in [9.17, 15) is 13.2 Å². The predicted octanol–water partition coefficient (Wildman–Crippen LogP) is 4.98. The fourth-order valence-corrected chi connectivity index (χ4v) is 2.35. The molecule has 1 rings (SSSR count). The van der Waals surface area contributed by atoms with Gasteiger partial charge in [0.1, 0.15) is 0 Å². The van der Waals surface area contributed by atoms with Crippen LogP contribution in [-0.4, -0.2) is 12.2 Å². The van der Waals surface area contributed by atoms with E-state index >= 15 is 0 Å². The molecule has 1 aromatic rings. The largest absolute Gasteiger partial charge is 0.390 e. The molecule has 0 saturated carbocycles. The molecular weight excluding hydrogens is 286 g/mol. The van der Waals surface area contributed by atoms with Gasteiger partial charge in [-0.2, -0.15) is 13.2 Å². The molecule has 0 fully saturated rings. The first kappa shape index (κ1) is 15.6. The first-order valence-electron chi connectivity index (χ1n) is 5.47. The lowest BCUT2D eigenvalue weighted by Crippen LogP contribution is -2.33. The molecule has 1 aromatic carbocycles. The summed E-state index contributed by atoms with van der Waals surface area (Å²) in [5.41, 5.74) is 0.732. The molecule has 0 aromatic heterocycles. The summed E-state index contributed by atoms with van der Waals surface area (Å²) in [6.07, 6.45) is -5.04. The Morgan fingerprint density at radius 1 is 1.22 bits per heavy atom. The molecule has 0 saturated heterocycles. The van der Waals surface area contributed by atoms with Gasteiger partial charge < -0.3 is 5.32 Å². The number of hydrogen-bond donors (Lipinski definition) is 1. The first-order valence-corrected chi connectivity index (χ1v) is 6.22. The Kier molecular flexibility index (Phi) is 5.32. The van der Waals surface area contributed by atoms with E-state index in [0.29, 0.717) is 10.0 Å². The van der Waals surface area contributed by atoms with Gasteiger partial charge in [0.25, 0.3) is 0 Å². The van der Waals surface area contributed by atoms with Gasteiger partial charge in [0, 0.05) is 22.1 Å². The van der Waals surface area contributed by atoms with E-state index < -0.39 is 18.6 Å². The molecule has 18 heavy (non-hydrogen) atoms. The Bertz CT molecular complexity index is 407. The van der Waals surface area contributed by atoms with E-state index in [-0.39, 0.29) is 6.04 Å². The summed E-state index contributed by atoms with van der Waals surface area (Å²) in [6, 6.07) is 4.00. The molecule has 2 unspecified atom stereocenters. The summed E-state index contributed by atoms with van der Waals surface area (Å²) in [5, 5.41) is 3.81. The van der Waals surface area contributed by atoms with Crippen molar-refractivity contribution in [2.24, 2.45) is 0 Å². The third kappa shape index (κ3) is 5.04. The SMILES string of the molecule is CC(CC(F)(F)F)NC(C)c1ccc(Cl)cc1Cl. The summed E-state index contributed by atoms with van der Waals surface area (Å²) < 4.78 is 36.6. The number of rotatable bonds is 4. The topological polar surface area (TPSA) is 12.0 Å². The molecule has 1 nitrogen and oxygen atoms in total. The highest BCUT2D eigenvalue weighted by Crippen LogP contribution is 2.28. The number of nitrogens with one attached hydrogen (secondary N) is 1. The van der Waals surface area contributed by atoms with E-state index in [0.717, 1.165) is 5.56 Å². The highest BCUT2D eigenvalue weighted by atomic mass is 35.5. The van der Waals surface area contributed by atoms with E-state index in [2.05, 4.69) is 5.32 Å². The van der Waals surface area contributed by atoms with Crippen LogP contribution in [0.4, 0.5) is 13.2 Å². The van der Waals surface area contributed by atoms with E-state index in [1.165, 1.54) is 6.92 Å². The normalized spacial score (nSPS) is 15.5. The van der Waals surface area contributed by atoms with Crippen molar-refractivity contribution in [3.63, 3.8) is 0 Å². The van der Waals surface area contributed by atoms with Gasteiger partial charge in [-0.05, 0) is 31.5 Å². The van der Waals surface area contributed by atoms with Gasteiger partial charge in [0.05, 0.1) is 6.42 Å². The molecule has 0 amide bonds. The molecule has 0 heterocycles. The molecule has 6 heteroatoms. The lowest BCUT2D eigenvalue weighted by atomic mass is 10.1. The van der Waals surface area contributed by atoms with Crippen LogP contribution in [0.5, 0.6) is 0 Å². The van der Waals surface area contributed by atoms with Crippen LogP contribution in [0.25, 0.3) is 0 Å². The zero-order valence-electron chi connectivity index (χ0n) is 9.98. The molecule has 0 aliphatic rings. The van der Waals surface area contributed by atoms with Crippen LogP contribution in [0.15, 0.2) is 18.2 Å². The van der Waals surface area contributed by atoms with Crippen molar-refractivity contribution < 1.29 is 13.2 Å². The van der Waals surface area contributed by atoms with Crippen LogP contribution in [-0.2, 0) is 0 Å². The van der Waals surface area contributed by atoms with E-state index in [1.807, 2.05) is 0 Å². The summed E-state index contributed by atoms with van der Waals surface area (Å²) in [6.45, 7) is 3.26. The number of halogens is 5. The molecule has 0 aliphatic carbocycles. The van der Waals surface area contributed by atoms with Gasteiger partial charge >= 0.3 is 6.18 Å². The highest BCUT2D eigenvalue weighted by molar-refractivity contribution is 6.35. The highest BCUT2D eigenvalue weighted by Gasteiger charge is 2.30.